The molecule has 1 aromatic heterocycles. The zero-order chi connectivity index (χ0) is 11.1. The van der Waals surface area contributed by atoms with Gasteiger partial charge in [0.2, 0.25) is 0 Å². The number of aryl methyl sites for hydroxylation is 2. The van der Waals surface area contributed by atoms with Gasteiger partial charge in [0.15, 0.2) is 0 Å². The Labute approximate surface area is 89.9 Å². The lowest BCUT2D eigenvalue weighted by atomic mass is 9.74. The van der Waals surface area contributed by atoms with Gasteiger partial charge in [-0.25, -0.2) is 0 Å². The minimum atomic E-state index is -0.582. The molecule has 1 heterocycles. The first-order valence-electron chi connectivity index (χ1n) is 5.27. The molecule has 0 aliphatic heterocycles. The second kappa shape index (κ2) is 3.61. The number of hydrogen-bond donors (Lipinski definition) is 1. The molecule has 4 heteroatoms. The summed E-state index contributed by atoms with van der Waals surface area (Å²) in [6.07, 6.45) is 2.36. The van der Waals surface area contributed by atoms with Crippen LogP contribution in [0.15, 0.2) is 6.07 Å². The molecule has 1 aliphatic carbocycles. The minimum absolute atomic E-state index is 0.226. The lowest BCUT2D eigenvalue weighted by Gasteiger charge is -2.42. The van der Waals surface area contributed by atoms with Gasteiger partial charge < -0.3 is 9.84 Å². The molecule has 0 amide bonds. The van der Waals surface area contributed by atoms with Gasteiger partial charge >= 0.3 is 0 Å². The largest absolute Gasteiger partial charge is 0.389 e. The fourth-order valence-corrected chi connectivity index (χ4v) is 2.27. The van der Waals surface area contributed by atoms with Crippen molar-refractivity contribution in [2.45, 2.75) is 37.9 Å². The van der Waals surface area contributed by atoms with E-state index in [4.69, 9.17) is 4.74 Å². The number of hydrogen-bond acceptors (Lipinski definition) is 3. The Balaban J connectivity index is 2.01. The average molecular weight is 210 g/mol. The molecule has 0 saturated heterocycles. The average Bonchev–Trinajstić information content (AvgIpc) is 2.40. The van der Waals surface area contributed by atoms with Crippen LogP contribution < -0.4 is 0 Å². The SMILES string of the molecule is COC1CC(O)(Cc2cc(C)nn2C)C1. The molecular weight excluding hydrogens is 192 g/mol. The molecule has 1 aliphatic rings. The second-order valence-corrected chi connectivity index (χ2v) is 4.57. The van der Waals surface area contributed by atoms with Gasteiger partial charge in [-0.3, -0.25) is 4.68 Å². The minimum Gasteiger partial charge on any atom is -0.389 e. The summed E-state index contributed by atoms with van der Waals surface area (Å²) in [7, 11) is 3.61. The predicted octanol–water partition coefficient (Wildman–Crippen LogP) is 0.811. The Morgan fingerprint density at radius 3 is 2.80 bits per heavy atom. The van der Waals surface area contributed by atoms with Gasteiger partial charge in [-0.15, -0.1) is 0 Å². The third-order valence-corrected chi connectivity index (χ3v) is 3.16. The van der Waals surface area contributed by atoms with Crippen molar-refractivity contribution < 1.29 is 9.84 Å². The van der Waals surface area contributed by atoms with Crippen LogP contribution in [0.1, 0.15) is 24.2 Å². The third-order valence-electron chi connectivity index (χ3n) is 3.16. The van der Waals surface area contributed by atoms with Crippen molar-refractivity contribution in [1.29, 1.82) is 0 Å². The van der Waals surface area contributed by atoms with E-state index < -0.39 is 5.60 Å². The van der Waals surface area contributed by atoms with Crippen LogP contribution >= 0.6 is 0 Å². The van der Waals surface area contributed by atoms with E-state index in [9.17, 15) is 5.11 Å². The summed E-state index contributed by atoms with van der Waals surface area (Å²) in [6.45, 7) is 1.96. The molecular formula is C11H18N2O2. The highest BCUT2D eigenvalue weighted by atomic mass is 16.5. The van der Waals surface area contributed by atoms with Crippen molar-refractivity contribution in [2.75, 3.05) is 7.11 Å². The van der Waals surface area contributed by atoms with Crippen LogP contribution in [0.5, 0.6) is 0 Å². The number of nitrogens with zero attached hydrogens (tertiary/aromatic N) is 2. The van der Waals surface area contributed by atoms with Gasteiger partial charge in [-0.2, -0.15) is 5.10 Å². The molecule has 15 heavy (non-hydrogen) atoms. The maximum atomic E-state index is 10.2. The summed E-state index contributed by atoms with van der Waals surface area (Å²) < 4.78 is 7.01. The number of aromatic nitrogens is 2. The van der Waals surface area contributed by atoms with Gasteiger partial charge in [-0.05, 0) is 13.0 Å². The highest BCUT2D eigenvalue weighted by molar-refractivity contribution is 5.13. The third kappa shape index (κ3) is 2.06. The predicted molar refractivity (Wildman–Crippen MR) is 56.6 cm³/mol. The van der Waals surface area contributed by atoms with Crippen molar-refractivity contribution >= 4 is 0 Å². The molecule has 84 valence electrons. The van der Waals surface area contributed by atoms with Crippen LogP contribution in [0.25, 0.3) is 0 Å². The standard InChI is InChI=1S/C11H18N2O2/c1-8-4-9(13(2)12-8)5-11(14)6-10(7-11)15-3/h4,10,14H,5-7H2,1-3H3. The van der Waals surface area contributed by atoms with Crippen molar-refractivity contribution in [1.82, 2.24) is 9.78 Å². The van der Waals surface area contributed by atoms with E-state index in [1.54, 1.807) is 7.11 Å². The van der Waals surface area contributed by atoms with Gasteiger partial charge in [0.1, 0.15) is 0 Å². The van der Waals surface area contributed by atoms with Crippen LogP contribution in [-0.2, 0) is 18.2 Å². The van der Waals surface area contributed by atoms with Gasteiger partial charge in [0, 0.05) is 39.1 Å². The summed E-state index contributed by atoms with van der Waals surface area (Å²) in [5.41, 5.74) is 1.50. The van der Waals surface area contributed by atoms with E-state index in [0.717, 1.165) is 24.2 Å². The van der Waals surface area contributed by atoms with E-state index in [1.807, 2.05) is 24.7 Å². The number of ether oxygens (including phenoxy) is 1. The van der Waals surface area contributed by atoms with E-state index in [1.165, 1.54) is 0 Å². The molecule has 1 fully saturated rings. The number of rotatable bonds is 3. The van der Waals surface area contributed by atoms with Crippen LogP contribution in [-0.4, -0.2) is 33.7 Å². The van der Waals surface area contributed by atoms with Crippen LogP contribution in [0, 0.1) is 6.92 Å². The van der Waals surface area contributed by atoms with E-state index in [-0.39, 0.29) is 6.10 Å². The normalized spacial score (nSPS) is 30.3. The second-order valence-electron chi connectivity index (χ2n) is 4.57. The molecule has 0 spiro atoms. The Bertz CT molecular complexity index is 353. The first kappa shape index (κ1) is 10.6. The van der Waals surface area contributed by atoms with Crippen molar-refractivity contribution in [3.8, 4) is 0 Å². The Hall–Kier alpha value is -0.870. The van der Waals surface area contributed by atoms with Gasteiger partial charge in [0.05, 0.1) is 17.4 Å². The Morgan fingerprint density at radius 1 is 1.67 bits per heavy atom. The van der Waals surface area contributed by atoms with Crippen molar-refractivity contribution in [2.24, 2.45) is 7.05 Å². The number of methoxy groups -OCH3 is 1. The maximum absolute atomic E-state index is 10.2. The summed E-state index contributed by atoms with van der Waals surface area (Å²) in [5.74, 6) is 0. The van der Waals surface area contributed by atoms with Gasteiger partial charge in [-0.1, -0.05) is 0 Å². The maximum Gasteiger partial charge on any atom is 0.0752 e. The van der Waals surface area contributed by atoms with Crippen molar-refractivity contribution in [3.63, 3.8) is 0 Å². The fraction of sp³-hybridized carbons (Fsp3) is 0.727. The molecule has 0 radical (unpaired) electrons. The molecule has 0 unspecified atom stereocenters. The highest BCUT2D eigenvalue weighted by Crippen LogP contribution is 2.36. The molecule has 1 aromatic rings. The molecule has 0 bridgehead atoms. The molecule has 4 nitrogen and oxygen atoms in total. The molecule has 2 rings (SSSR count). The molecule has 1 N–H and O–H groups in total. The summed E-state index contributed by atoms with van der Waals surface area (Å²) in [5, 5.41) is 14.4. The zero-order valence-electron chi connectivity index (χ0n) is 9.53. The van der Waals surface area contributed by atoms with Crippen molar-refractivity contribution in [3.05, 3.63) is 17.5 Å². The quantitative estimate of drug-likeness (QED) is 0.803. The summed E-state index contributed by atoms with van der Waals surface area (Å²) >= 11 is 0. The first-order valence-corrected chi connectivity index (χ1v) is 5.27. The fourth-order valence-electron chi connectivity index (χ4n) is 2.27. The van der Waals surface area contributed by atoms with Crippen LogP contribution in [0.2, 0.25) is 0 Å². The van der Waals surface area contributed by atoms with E-state index >= 15 is 0 Å². The van der Waals surface area contributed by atoms with Gasteiger partial charge in [0.25, 0.3) is 0 Å². The monoisotopic (exact) mass is 210 g/mol. The first-order chi connectivity index (χ1) is 7.02. The van der Waals surface area contributed by atoms with Crippen LogP contribution in [0.4, 0.5) is 0 Å². The van der Waals surface area contributed by atoms with E-state index in [0.29, 0.717) is 6.42 Å². The smallest absolute Gasteiger partial charge is 0.0752 e. The molecule has 1 saturated carbocycles. The van der Waals surface area contributed by atoms with E-state index in [2.05, 4.69) is 5.10 Å². The summed E-state index contributed by atoms with van der Waals surface area (Å²) in [6, 6.07) is 2.03. The number of aliphatic hydroxyl groups is 1. The topological polar surface area (TPSA) is 47.3 Å². The van der Waals surface area contributed by atoms with Crippen LogP contribution in [0.3, 0.4) is 0 Å². The Morgan fingerprint density at radius 2 is 2.33 bits per heavy atom. The lowest BCUT2D eigenvalue weighted by molar-refractivity contribution is -0.127. The molecule has 0 aromatic carbocycles. The zero-order valence-corrected chi connectivity index (χ0v) is 9.53. The lowest BCUT2D eigenvalue weighted by Crippen LogP contribution is -2.49. The molecule has 0 atom stereocenters. The summed E-state index contributed by atoms with van der Waals surface area (Å²) in [4.78, 5) is 0. The highest BCUT2D eigenvalue weighted by Gasteiger charge is 2.43. The Kier molecular flexibility index (Phi) is 2.56.